The molecule has 4 aromatic rings. The summed E-state index contributed by atoms with van der Waals surface area (Å²) in [4.78, 5) is 7.33. The van der Waals surface area contributed by atoms with Gasteiger partial charge in [-0.25, -0.2) is 0 Å². The van der Waals surface area contributed by atoms with Crippen molar-refractivity contribution in [1.82, 2.24) is 20.2 Å². The second kappa shape index (κ2) is 4.54. The fourth-order valence-corrected chi connectivity index (χ4v) is 3.08. The van der Waals surface area contributed by atoms with Gasteiger partial charge in [0.2, 0.25) is 0 Å². The molecule has 0 bridgehead atoms. The normalized spacial score (nSPS) is 11.0. The van der Waals surface area contributed by atoms with E-state index in [1.807, 2.05) is 24.4 Å². The van der Waals surface area contributed by atoms with Crippen LogP contribution in [0.3, 0.4) is 0 Å². The van der Waals surface area contributed by atoms with E-state index in [0.717, 1.165) is 26.7 Å². The van der Waals surface area contributed by atoms with Gasteiger partial charge in [-0.05, 0) is 24.3 Å². The number of nitrogens with zero attached hydrogens (tertiary/aromatic N) is 3. The molecule has 1 aromatic carbocycles. The van der Waals surface area contributed by atoms with Gasteiger partial charge in [0.05, 0.1) is 0 Å². The first-order valence-corrected chi connectivity index (χ1v) is 7.04. The minimum Gasteiger partial charge on any atom is -0.361 e. The van der Waals surface area contributed by atoms with Gasteiger partial charge in [-0.15, -0.1) is 10.2 Å². The van der Waals surface area contributed by atoms with Gasteiger partial charge in [0.25, 0.3) is 0 Å². The number of fused-ring (bicyclic) bond motifs is 1. The summed E-state index contributed by atoms with van der Waals surface area (Å²) in [6.45, 7) is 0. The molecule has 0 spiro atoms. The number of hydrogen-bond acceptors (Lipinski definition) is 4. The summed E-state index contributed by atoms with van der Waals surface area (Å²) in [5.74, 6) is 0. The second-order valence-corrected chi connectivity index (χ2v) is 5.38. The molecular formula is C15H10N4S. The third kappa shape index (κ3) is 1.80. The van der Waals surface area contributed by atoms with Crippen molar-refractivity contribution in [2.45, 2.75) is 0 Å². The maximum atomic E-state index is 4.32. The van der Waals surface area contributed by atoms with Crippen LogP contribution >= 0.6 is 11.3 Å². The van der Waals surface area contributed by atoms with Crippen LogP contribution in [0, 0.1) is 0 Å². The average Bonchev–Trinajstić information content (AvgIpc) is 3.17. The first-order chi connectivity index (χ1) is 9.92. The Hall–Kier alpha value is -2.53. The summed E-state index contributed by atoms with van der Waals surface area (Å²) in [7, 11) is 0. The molecule has 3 aromatic heterocycles. The lowest BCUT2D eigenvalue weighted by Gasteiger charge is -1.97. The maximum absolute atomic E-state index is 4.32. The van der Waals surface area contributed by atoms with E-state index >= 15 is 0 Å². The standard InChI is InChI=1S/C15H10N4S/c1-4-12(11-6-8-17-13(11)5-1)15-19-18-14(20-15)10-3-2-7-16-9-10/h1-9,17H. The summed E-state index contributed by atoms with van der Waals surface area (Å²) in [6, 6.07) is 12.1. The van der Waals surface area contributed by atoms with Gasteiger partial charge in [0.15, 0.2) is 0 Å². The Bertz CT molecular complexity index is 864. The molecule has 96 valence electrons. The Morgan fingerprint density at radius 3 is 2.80 bits per heavy atom. The highest BCUT2D eigenvalue weighted by atomic mass is 32.1. The quantitative estimate of drug-likeness (QED) is 0.607. The highest BCUT2D eigenvalue weighted by Crippen LogP contribution is 2.33. The summed E-state index contributed by atoms with van der Waals surface area (Å²) >= 11 is 1.58. The molecule has 5 heteroatoms. The number of benzene rings is 1. The van der Waals surface area contributed by atoms with Crippen molar-refractivity contribution in [3.63, 3.8) is 0 Å². The van der Waals surface area contributed by atoms with Crippen molar-refractivity contribution in [3.8, 4) is 21.1 Å². The van der Waals surface area contributed by atoms with E-state index in [4.69, 9.17) is 0 Å². The predicted molar refractivity (Wildman–Crippen MR) is 80.4 cm³/mol. The number of aromatic nitrogens is 4. The van der Waals surface area contributed by atoms with Crippen molar-refractivity contribution in [1.29, 1.82) is 0 Å². The van der Waals surface area contributed by atoms with Gasteiger partial charge in [0.1, 0.15) is 10.0 Å². The van der Waals surface area contributed by atoms with Crippen LogP contribution in [0.15, 0.2) is 55.0 Å². The first-order valence-electron chi connectivity index (χ1n) is 6.22. The van der Waals surface area contributed by atoms with Crippen LogP contribution in [-0.2, 0) is 0 Å². The molecule has 20 heavy (non-hydrogen) atoms. The van der Waals surface area contributed by atoms with Crippen LogP contribution in [-0.4, -0.2) is 20.2 Å². The first kappa shape index (κ1) is 11.3. The molecule has 0 saturated heterocycles. The Morgan fingerprint density at radius 1 is 0.950 bits per heavy atom. The van der Waals surface area contributed by atoms with E-state index in [0.29, 0.717) is 0 Å². The molecule has 0 atom stereocenters. The number of aromatic amines is 1. The molecule has 0 radical (unpaired) electrons. The largest absolute Gasteiger partial charge is 0.361 e. The van der Waals surface area contributed by atoms with Gasteiger partial charge in [-0.2, -0.15) is 0 Å². The Balaban J connectivity index is 1.84. The zero-order valence-corrected chi connectivity index (χ0v) is 11.3. The average molecular weight is 278 g/mol. The molecule has 4 rings (SSSR count). The van der Waals surface area contributed by atoms with Crippen LogP contribution < -0.4 is 0 Å². The molecule has 0 aliphatic rings. The van der Waals surface area contributed by atoms with Gasteiger partial charge in [-0.1, -0.05) is 23.5 Å². The van der Waals surface area contributed by atoms with E-state index < -0.39 is 0 Å². The van der Waals surface area contributed by atoms with Crippen LogP contribution in [0.4, 0.5) is 0 Å². The highest BCUT2D eigenvalue weighted by molar-refractivity contribution is 7.18. The molecule has 0 aliphatic heterocycles. The minimum atomic E-state index is 0.889. The van der Waals surface area contributed by atoms with Crippen LogP contribution in [0.2, 0.25) is 0 Å². The fraction of sp³-hybridized carbons (Fsp3) is 0. The molecule has 0 fully saturated rings. The Kier molecular flexibility index (Phi) is 2.57. The van der Waals surface area contributed by atoms with Crippen LogP contribution in [0.5, 0.6) is 0 Å². The van der Waals surface area contributed by atoms with Crippen molar-refractivity contribution < 1.29 is 0 Å². The molecule has 0 unspecified atom stereocenters. The lowest BCUT2D eigenvalue weighted by atomic mass is 10.1. The van der Waals surface area contributed by atoms with Gasteiger partial charge >= 0.3 is 0 Å². The van der Waals surface area contributed by atoms with Gasteiger partial charge < -0.3 is 4.98 Å². The van der Waals surface area contributed by atoms with E-state index in [-0.39, 0.29) is 0 Å². The zero-order chi connectivity index (χ0) is 13.4. The number of pyridine rings is 1. The summed E-state index contributed by atoms with van der Waals surface area (Å²) in [6.07, 6.45) is 5.50. The van der Waals surface area contributed by atoms with E-state index in [1.165, 1.54) is 5.39 Å². The summed E-state index contributed by atoms with van der Waals surface area (Å²) < 4.78 is 0. The van der Waals surface area contributed by atoms with E-state index in [2.05, 4.69) is 38.4 Å². The SMILES string of the molecule is c1cncc(-c2nnc(-c3cccc4[nH]ccc34)s2)c1. The molecule has 0 saturated carbocycles. The van der Waals surface area contributed by atoms with Crippen molar-refractivity contribution in [2.75, 3.05) is 0 Å². The number of hydrogen-bond donors (Lipinski definition) is 1. The molecule has 0 amide bonds. The van der Waals surface area contributed by atoms with E-state index in [9.17, 15) is 0 Å². The third-order valence-electron chi connectivity index (χ3n) is 3.16. The van der Waals surface area contributed by atoms with Crippen LogP contribution in [0.1, 0.15) is 0 Å². The van der Waals surface area contributed by atoms with Crippen molar-refractivity contribution in [2.24, 2.45) is 0 Å². The summed E-state index contributed by atoms with van der Waals surface area (Å²) in [5, 5.41) is 11.6. The zero-order valence-electron chi connectivity index (χ0n) is 10.4. The van der Waals surface area contributed by atoms with Gasteiger partial charge in [0, 0.05) is 40.6 Å². The molecule has 0 aliphatic carbocycles. The number of nitrogens with one attached hydrogen (secondary N) is 1. The smallest absolute Gasteiger partial charge is 0.149 e. The molecule has 3 heterocycles. The maximum Gasteiger partial charge on any atom is 0.149 e. The van der Waals surface area contributed by atoms with Gasteiger partial charge in [-0.3, -0.25) is 4.98 Å². The van der Waals surface area contributed by atoms with Crippen molar-refractivity contribution in [3.05, 3.63) is 55.0 Å². The lowest BCUT2D eigenvalue weighted by molar-refractivity contribution is 1.10. The van der Waals surface area contributed by atoms with Crippen molar-refractivity contribution >= 4 is 22.2 Å². The Labute approximate surface area is 119 Å². The summed E-state index contributed by atoms with van der Waals surface area (Å²) in [5.41, 5.74) is 3.22. The third-order valence-corrected chi connectivity index (χ3v) is 4.16. The Morgan fingerprint density at radius 2 is 1.90 bits per heavy atom. The predicted octanol–water partition coefficient (Wildman–Crippen LogP) is 3.75. The minimum absolute atomic E-state index is 0.889. The molecule has 1 N–H and O–H groups in total. The second-order valence-electron chi connectivity index (χ2n) is 4.40. The number of H-pyrrole nitrogens is 1. The van der Waals surface area contributed by atoms with E-state index in [1.54, 1.807) is 23.7 Å². The lowest BCUT2D eigenvalue weighted by Crippen LogP contribution is -1.79. The van der Waals surface area contributed by atoms with Crippen LogP contribution in [0.25, 0.3) is 32.0 Å². The fourth-order valence-electron chi connectivity index (χ4n) is 2.21. The monoisotopic (exact) mass is 278 g/mol. The number of rotatable bonds is 2. The molecule has 4 nitrogen and oxygen atoms in total. The highest BCUT2D eigenvalue weighted by Gasteiger charge is 2.11. The topological polar surface area (TPSA) is 54.5 Å². The molecular weight excluding hydrogens is 268 g/mol.